The van der Waals surface area contributed by atoms with Crippen molar-refractivity contribution in [2.24, 2.45) is 5.73 Å². The molecule has 8 heteroatoms. The van der Waals surface area contributed by atoms with Crippen LogP contribution in [0.2, 0.25) is 0 Å². The van der Waals surface area contributed by atoms with Gasteiger partial charge in [0.05, 0.1) is 12.4 Å². The number of hydrogen-bond donors (Lipinski definition) is 2. The van der Waals surface area contributed by atoms with E-state index in [1.807, 2.05) is 0 Å². The Morgan fingerprint density at radius 3 is 2.57 bits per heavy atom. The van der Waals surface area contributed by atoms with Crippen molar-refractivity contribution in [2.75, 3.05) is 23.4 Å². The van der Waals surface area contributed by atoms with E-state index in [1.165, 1.54) is 6.07 Å². The first-order chi connectivity index (χ1) is 9.95. The lowest BCUT2D eigenvalue weighted by Gasteiger charge is -2.10. The highest BCUT2D eigenvalue weighted by Crippen LogP contribution is 2.18. The van der Waals surface area contributed by atoms with Crippen molar-refractivity contribution in [2.45, 2.75) is 13.0 Å². The number of nitrogens with two attached hydrogens (primary N) is 1. The molecule has 3 N–H and O–H groups in total. The van der Waals surface area contributed by atoms with Crippen molar-refractivity contribution in [1.29, 1.82) is 0 Å². The molecule has 116 valence electrons. The molecule has 0 saturated carbocycles. The number of carbonyl (C=O) groups excluding carboxylic acids is 2. The van der Waals surface area contributed by atoms with Crippen LogP contribution in [0.4, 0.5) is 14.5 Å². The van der Waals surface area contributed by atoms with Crippen LogP contribution in [0.15, 0.2) is 18.2 Å². The highest BCUT2D eigenvalue weighted by atomic mass is 32.2. The fourth-order valence-corrected chi connectivity index (χ4v) is 2.15. The number of para-hydroxylation sites is 1. The van der Waals surface area contributed by atoms with Crippen molar-refractivity contribution >= 4 is 29.3 Å². The second-order valence-corrected chi connectivity index (χ2v) is 5.05. The number of esters is 1. The molecule has 0 aliphatic rings. The predicted octanol–water partition coefficient (Wildman–Crippen LogP) is 1.53. The number of thioether (sulfide) groups is 1. The van der Waals surface area contributed by atoms with Crippen LogP contribution in [0.3, 0.4) is 0 Å². The normalized spacial score (nSPS) is 11.8. The van der Waals surface area contributed by atoms with Crippen LogP contribution in [-0.2, 0) is 14.3 Å². The smallest absolute Gasteiger partial charge is 0.323 e. The Kier molecular flexibility index (Phi) is 7.10. The van der Waals surface area contributed by atoms with Crippen LogP contribution in [-0.4, -0.2) is 36.0 Å². The molecule has 1 amide bonds. The maximum Gasteiger partial charge on any atom is 0.323 e. The molecule has 0 saturated heterocycles. The summed E-state index contributed by atoms with van der Waals surface area (Å²) < 4.78 is 31.3. The zero-order valence-electron chi connectivity index (χ0n) is 11.4. The molecule has 1 aromatic carbocycles. The lowest BCUT2D eigenvalue weighted by atomic mass is 10.3. The van der Waals surface area contributed by atoms with Crippen molar-refractivity contribution in [1.82, 2.24) is 0 Å². The van der Waals surface area contributed by atoms with E-state index in [0.717, 1.165) is 23.9 Å². The third-order valence-electron chi connectivity index (χ3n) is 2.35. The van der Waals surface area contributed by atoms with E-state index in [0.29, 0.717) is 0 Å². The Balaban J connectivity index is 2.40. The Morgan fingerprint density at radius 2 is 2.00 bits per heavy atom. The van der Waals surface area contributed by atoms with Crippen molar-refractivity contribution in [3.05, 3.63) is 29.8 Å². The lowest BCUT2D eigenvalue weighted by Crippen LogP contribution is -2.35. The highest BCUT2D eigenvalue weighted by Gasteiger charge is 2.16. The van der Waals surface area contributed by atoms with E-state index in [9.17, 15) is 18.4 Å². The number of carbonyl (C=O) groups is 2. The van der Waals surface area contributed by atoms with Gasteiger partial charge in [-0.2, -0.15) is 0 Å². The molecule has 0 spiro atoms. The van der Waals surface area contributed by atoms with Gasteiger partial charge in [-0.1, -0.05) is 6.07 Å². The molecule has 1 aromatic rings. The number of halogens is 2. The van der Waals surface area contributed by atoms with Gasteiger partial charge in [-0.25, -0.2) is 8.78 Å². The minimum absolute atomic E-state index is 0.0825. The molecule has 1 atom stereocenters. The average molecular weight is 318 g/mol. The van der Waals surface area contributed by atoms with Crippen molar-refractivity contribution in [3.8, 4) is 0 Å². The Labute approximate surface area is 125 Å². The molecular weight excluding hydrogens is 302 g/mol. The zero-order valence-corrected chi connectivity index (χ0v) is 12.2. The van der Waals surface area contributed by atoms with Crippen LogP contribution in [0.5, 0.6) is 0 Å². The van der Waals surface area contributed by atoms with Crippen LogP contribution in [0.25, 0.3) is 0 Å². The fourth-order valence-electron chi connectivity index (χ4n) is 1.39. The number of rotatable bonds is 7. The van der Waals surface area contributed by atoms with Gasteiger partial charge in [0.15, 0.2) is 0 Å². The molecule has 0 aliphatic carbocycles. The lowest BCUT2D eigenvalue weighted by molar-refractivity contribution is -0.144. The molecular formula is C13H16F2N2O3S. The third kappa shape index (κ3) is 5.68. The van der Waals surface area contributed by atoms with E-state index in [1.54, 1.807) is 6.92 Å². The van der Waals surface area contributed by atoms with Crippen molar-refractivity contribution in [3.63, 3.8) is 0 Å². The Hall–Kier alpha value is -1.67. The quantitative estimate of drug-likeness (QED) is 0.745. The van der Waals surface area contributed by atoms with Gasteiger partial charge in [-0.15, -0.1) is 11.8 Å². The molecule has 0 heterocycles. The summed E-state index contributed by atoms with van der Waals surface area (Å²) in [5.74, 6) is -2.74. The number of anilines is 1. The van der Waals surface area contributed by atoms with Gasteiger partial charge in [0.25, 0.3) is 0 Å². The molecule has 0 radical (unpaired) electrons. The number of benzene rings is 1. The van der Waals surface area contributed by atoms with Crippen molar-refractivity contribution < 1.29 is 23.1 Å². The number of nitrogens with one attached hydrogen (secondary N) is 1. The first kappa shape index (κ1) is 17.4. The topological polar surface area (TPSA) is 81.4 Å². The fraction of sp³-hybridized carbons (Fsp3) is 0.385. The third-order valence-corrected chi connectivity index (χ3v) is 3.41. The minimum atomic E-state index is -0.850. The second kappa shape index (κ2) is 8.58. The van der Waals surface area contributed by atoms with Gasteiger partial charge in [-0.05, 0) is 19.1 Å². The molecule has 5 nitrogen and oxygen atoms in total. The summed E-state index contributed by atoms with van der Waals surface area (Å²) in [6, 6.07) is 2.45. The number of ether oxygens (including phenoxy) is 1. The van der Waals surface area contributed by atoms with Gasteiger partial charge < -0.3 is 15.8 Å². The average Bonchev–Trinajstić information content (AvgIpc) is 2.43. The number of hydrogen-bond acceptors (Lipinski definition) is 5. The summed E-state index contributed by atoms with van der Waals surface area (Å²) in [6.07, 6.45) is 0. The summed E-state index contributed by atoms with van der Waals surface area (Å²) in [5, 5.41) is 2.14. The maximum atomic E-state index is 13.3. The second-order valence-electron chi connectivity index (χ2n) is 4.02. The SMILES string of the molecule is CCOC(=O)C(N)CSCC(=O)Nc1c(F)cccc1F. The predicted molar refractivity (Wildman–Crippen MR) is 76.9 cm³/mol. The minimum Gasteiger partial charge on any atom is -0.465 e. The summed E-state index contributed by atoms with van der Waals surface area (Å²) in [7, 11) is 0. The van der Waals surface area contributed by atoms with Gasteiger partial charge in [0, 0.05) is 5.75 Å². The molecule has 1 rings (SSSR count). The monoisotopic (exact) mass is 318 g/mol. The molecule has 1 unspecified atom stereocenters. The summed E-state index contributed by atoms with van der Waals surface area (Å²) >= 11 is 1.07. The van der Waals surface area contributed by atoms with Crippen LogP contribution >= 0.6 is 11.8 Å². The molecule has 21 heavy (non-hydrogen) atoms. The largest absolute Gasteiger partial charge is 0.465 e. The standard InChI is InChI=1S/C13H16F2N2O3S/c1-2-20-13(19)10(16)6-21-7-11(18)17-12-8(14)4-3-5-9(12)15/h3-5,10H,2,6-7,16H2,1H3,(H,17,18). The summed E-state index contributed by atoms with van der Waals surface area (Å²) in [4.78, 5) is 22.8. The number of amides is 1. The summed E-state index contributed by atoms with van der Waals surface area (Å²) in [5.41, 5.74) is 5.06. The van der Waals surface area contributed by atoms with E-state index < -0.39 is 35.2 Å². The van der Waals surface area contributed by atoms with E-state index >= 15 is 0 Å². The molecule has 0 bridgehead atoms. The molecule has 0 fully saturated rings. The Bertz CT molecular complexity index is 494. The van der Waals surface area contributed by atoms with Gasteiger partial charge in [-0.3, -0.25) is 9.59 Å². The van der Waals surface area contributed by atoms with E-state index in [2.05, 4.69) is 5.32 Å². The Morgan fingerprint density at radius 1 is 1.38 bits per heavy atom. The molecule has 0 aliphatic heterocycles. The van der Waals surface area contributed by atoms with Crippen LogP contribution in [0.1, 0.15) is 6.92 Å². The zero-order chi connectivity index (χ0) is 15.8. The van der Waals surface area contributed by atoms with Gasteiger partial charge >= 0.3 is 5.97 Å². The molecule has 0 aromatic heterocycles. The first-order valence-electron chi connectivity index (χ1n) is 6.19. The van der Waals surface area contributed by atoms with Gasteiger partial charge in [0.1, 0.15) is 23.4 Å². The van der Waals surface area contributed by atoms with E-state index in [-0.39, 0.29) is 18.1 Å². The highest BCUT2D eigenvalue weighted by molar-refractivity contribution is 8.00. The van der Waals surface area contributed by atoms with Crippen LogP contribution < -0.4 is 11.1 Å². The maximum absolute atomic E-state index is 13.3. The van der Waals surface area contributed by atoms with Gasteiger partial charge in [0.2, 0.25) is 5.91 Å². The van der Waals surface area contributed by atoms with E-state index in [4.69, 9.17) is 10.5 Å². The van der Waals surface area contributed by atoms with Crippen LogP contribution in [0, 0.1) is 11.6 Å². The first-order valence-corrected chi connectivity index (χ1v) is 7.35. The summed E-state index contributed by atoms with van der Waals surface area (Å²) in [6.45, 7) is 1.89.